The van der Waals surface area contributed by atoms with Gasteiger partial charge in [-0.2, -0.15) is 0 Å². The van der Waals surface area contributed by atoms with Gasteiger partial charge in [0.1, 0.15) is 43.3 Å². The van der Waals surface area contributed by atoms with E-state index in [2.05, 4.69) is 13.2 Å². The maximum atomic E-state index is 13.0. The second-order valence-electron chi connectivity index (χ2n) is 7.52. The van der Waals surface area contributed by atoms with Crippen LogP contribution in [0.3, 0.4) is 0 Å². The highest BCUT2D eigenvalue weighted by Gasteiger charge is 2.64. The highest BCUT2D eigenvalue weighted by Crippen LogP contribution is 2.51. The van der Waals surface area contributed by atoms with Gasteiger partial charge in [0.25, 0.3) is 0 Å². The molecule has 4 atom stereocenters. The summed E-state index contributed by atoms with van der Waals surface area (Å²) in [5.41, 5.74) is 0. The number of ether oxygens (including phenoxy) is 5. The van der Waals surface area contributed by atoms with Crippen LogP contribution in [0.25, 0.3) is 0 Å². The zero-order valence-corrected chi connectivity index (χ0v) is 19.4. The third-order valence-corrected chi connectivity index (χ3v) is 6.95. The van der Waals surface area contributed by atoms with E-state index in [9.17, 15) is 14.4 Å². The minimum atomic E-state index is -1.14. The van der Waals surface area contributed by atoms with E-state index in [0.717, 1.165) is 0 Å². The van der Waals surface area contributed by atoms with Crippen LogP contribution in [-0.4, -0.2) is 72.6 Å². The van der Waals surface area contributed by atoms with Crippen LogP contribution in [0, 0.1) is 5.92 Å². The van der Waals surface area contributed by atoms with Crippen molar-refractivity contribution in [3.63, 3.8) is 0 Å². The van der Waals surface area contributed by atoms with Gasteiger partial charge in [0.15, 0.2) is 4.75 Å². The van der Waals surface area contributed by atoms with Crippen molar-refractivity contribution in [1.29, 1.82) is 0 Å². The van der Waals surface area contributed by atoms with Gasteiger partial charge in [-0.3, -0.25) is 9.59 Å². The number of nitrogens with zero attached hydrogens (tertiary/aromatic N) is 1. The van der Waals surface area contributed by atoms with Crippen molar-refractivity contribution in [2.24, 2.45) is 5.92 Å². The highest BCUT2D eigenvalue weighted by molar-refractivity contribution is 8.02. The summed E-state index contributed by atoms with van der Waals surface area (Å²) in [6.07, 6.45) is 1.28. The molecule has 0 bridgehead atoms. The van der Waals surface area contributed by atoms with Gasteiger partial charge in [-0.15, -0.1) is 11.8 Å². The van der Waals surface area contributed by atoms with Gasteiger partial charge < -0.3 is 28.6 Å². The van der Waals surface area contributed by atoms with Crippen LogP contribution >= 0.6 is 11.8 Å². The fraction of sp³-hybridized carbons (Fsp3) is 0.435. The number of carbonyl (C=O) groups is 3. The van der Waals surface area contributed by atoms with E-state index in [1.165, 1.54) is 23.9 Å². The summed E-state index contributed by atoms with van der Waals surface area (Å²) in [5, 5.41) is -0.365. The van der Waals surface area contributed by atoms with Crippen LogP contribution in [-0.2, 0) is 23.8 Å². The number of amides is 1. The lowest BCUT2D eigenvalue weighted by Crippen LogP contribution is -2.61. The van der Waals surface area contributed by atoms with Gasteiger partial charge in [0.2, 0.25) is 5.91 Å². The molecule has 10 heteroatoms. The SMILES string of the molecule is C=CCOC(=O)O[C@H](C)[C@H]1C(=O)N2CC(COc3ccc(OC)cc3)(C(=O)OCC=C)S[C@H]12. The Balaban J connectivity index is 1.71. The molecule has 9 nitrogen and oxygen atoms in total. The average molecular weight is 478 g/mol. The molecule has 0 aromatic heterocycles. The number of thioether (sulfide) groups is 1. The van der Waals surface area contributed by atoms with E-state index in [4.69, 9.17) is 23.7 Å². The van der Waals surface area contributed by atoms with Crippen molar-refractivity contribution in [2.45, 2.75) is 23.1 Å². The van der Waals surface area contributed by atoms with Crippen molar-refractivity contribution < 1.29 is 38.1 Å². The van der Waals surface area contributed by atoms with Crippen LogP contribution in [0.15, 0.2) is 49.6 Å². The van der Waals surface area contributed by atoms with Crippen LogP contribution in [0.1, 0.15) is 6.92 Å². The maximum absolute atomic E-state index is 13.0. The molecule has 2 aliphatic rings. The Morgan fingerprint density at radius 3 is 2.45 bits per heavy atom. The van der Waals surface area contributed by atoms with E-state index >= 15 is 0 Å². The van der Waals surface area contributed by atoms with Gasteiger partial charge in [-0.05, 0) is 31.2 Å². The molecule has 3 rings (SSSR count). The fourth-order valence-corrected chi connectivity index (χ4v) is 5.35. The molecule has 2 heterocycles. The minimum absolute atomic E-state index is 0.00935. The van der Waals surface area contributed by atoms with Gasteiger partial charge in [0, 0.05) is 0 Å². The zero-order valence-electron chi connectivity index (χ0n) is 18.6. The molecule has 0 saturated carbocycles. The third kappa shape index (κ3) is 5.27. The second kappa shape index (κ2) is 10.7. The number of fused-ring (bicyclic) bond motifs is 1. The van der Waals surface area contributed by atoms with Crippen LogP contribution < -0.4 is 9.47 Å². The van der Waals surface area contributed by atoms with Crippen LogP contribution in [0.5, 0.6) is 11.5 Å². The van der Waals surface area contributed by atoms with Crippen molar-refractivity contribution in [1.82, 2.24) is 4.90 Å². The maximum Gasteiger partial charge on any atom is 0.508 e. The molecule has 0 N–H and O–H groups in total. The molecule has 0 aliphatic carbocycles. The molecule has 1 unspecified atom stereocenters. The van der Waals surface area contributed by atoms with E-state index < -0.39 is 28.9 Å². The molecule has 2 saturated heterocycles. The third-order valence-electron chi connectivity index (χ3n) is 5.30. The largest absolute Gasteiger partial charge is 0.508 e. The summed E-state index contributed by atoms with van der Waals surface area (Å²) in [6.45, 7) is 8.83. The normalized spacial score (nSPS) is 24.1. The lowest BCUT2D eigenvalue weighted by atomic mass is 9.92. The van der Waals surface area contributed by atoms with E-state index in [1.807, 2.05) is 0 Å². The van der Waals surface area contributed by atoms with Crippen LogP contribution in [0.2, 0.25) is 0 Å². The minimum Gasteiger partial charge on any atom is -0.497 e. The molecule has 33 heavy (non-hydrogen) atoms. The summed E-state index contributed by atoms with van der Waals surface area (Å²) in [5.74, 6) is -0.0940. The number of hydrogen-bond donors (Lipinski definition) is 0. The standard InChI is InChI=1S/C23H27NO8S/c1-5-11-29-21(26)23(14-31-17-9-7-16(28-4)8-10-17)13-24-19(25)18(20(24)33-23)15(3)32-22(27)30-12-6-2/h5-10,15,18,20H,1-2,11-14H2,3-4H3/t15-,18+,20-,23?/m1/s1. The van der Waals surface area contributed by atoms with Crippen molar-refractivity contribution in [3.05, 3.63) is 49.6 Å². The molecule has 1 amide bonds. The number of benzene rings is 1. The molecule has 0 radical (unpaired) electrons. The van der Waals surface area contributed by atoms with Crippen molar-refractivity contribution in [2.75, 3.05) is 33.5 Å². The Labute approximate surface area is 196 Å². The lowest BCUT2D eigenvalue weighted by molar-refractivity contribution is -0.158. The Morgan fingerprint density at radius 1 is 1.18 bits per heavy atom. The molecule has 1 aromatic carbocycles. The second-order valence-corrected chi connectivity index (χ2v) is 9.02. The lowest BCUT2D eigenvalue weighted by Gasteiger charge is -2.43. The van der Waals surface area contributed by atoms with Gasteiger partial charge >= 0.3 is 12.1 Å². The molecular formula is C23H27NO8S. The number of hydrogen-bond acceptors (Lipinski definition) is 9. The number of methoxy groups -OCH3 is 1. The monoisotopic (exact) mass is 477 g/mol. The van der Waals surface area contributed by atoms with Crippen LogP contribution in [0.4, 0.5) is 4.79 Å². The van der Waals surface area contributed by atoms with Gasteiger partial charge in [-0.1, -0.05) is 25.3 Å². The zero-order chi connectivity index (χ0) is 24.0. The Kier molecular flexibility index (Phi) is 7.91. The molecular weight excluding hydrogens is 450 g/mol. The Bertz CT molecular complexity index is 904. The first kappa shape index (κ1) is 24.5. The van der Waals surface area contributed by atoms with Gasteiger partial charge in [-0.25, -0.2) is 4.79 Å². The summed E-state index contributed by atoms with van der Waals surface area (Å²) < 4.78 is 25.3. The molecule has 0 spiro atoms. The smallest absolute Gasteiger partial charge is 0.497 e. The van der Waals surface area contributed by atoms with Crippen molar-refractivity contribution in [3.8, 4) is 11.5 Å². The average Bonchev–Trinajstić information content (AvgIpc) is 3.15. The first-order valence-electron chi connectivity index (χ1n) is 10.3. The summed E-state index contributed by atoms with van der Waals surface area (Å²) >= 11 is 1.28. The first-order chi connectivity index (χ1) is 15.8. The topological polar surface area (TPSA) is 101 Å². The number of β-lactam (4-membered cyclic amide) rings is 1. The molecule has 1 aromatic rings. The Morgan fingerprint density at radius 2 is 1.82 bits per heavy atom. The number of carbonyl (C=O) groups excluding carboxylic acids is 3. The molecule has 2 aliphatic heterocycles. The molecule has 2 fully saturated rings. The number of rotatable bonds is 11. The van der Waals surface area contributed by atoms with Crippen molar-refractivity contribution >= 4 is 29.8 Å². The van der Waals surface area contributed by atoms with Gasteiger partial charge in [0.05, 0.1) is 19.0 Å². The van der Waals surface area contributed by atoms with E-state index in [-0.39, 0.29) is 37.6 Å². The highest BCUT2D eigenvalue weighted by atomic mass is 32.2. The number of esters is 1. The summed E-state index contributed by atoms with van der Waals surface area (Å²) in [6, 6.07) is 6.96. The Hall–Kier alpha value is -3.14. The fourth-order valence-electron chi connectivity index (χ4n) is 3.61. The van der Waals surface area contributed by atoms with E-state index in [0.29, 0.717) is 11.5 Å². The first-order valence-corrected chi connectivity index (χ1v) is 11.2. The van der Waals surface area contributed by atoms with E-state index in [1.54, 1.807) is 43.2 Å². The quantitative estimate of drug-likeness (QED) is 0.270. The summed E-state index contributed by atoms with van der Waals surface area (Å²) in [7, 11) is 1.57. The summed E-state index contributed by atoms with van der Waals surface area (Å²) in [4.78, 5) is 39.2. The molecule has 178 valence electrons. The predicted molar refractivity (Wildman–Crippen MR) is 121 cm³/mol. The predicted octanol–water partition coefficient (Wildman–Crippen LogP) is 2.80.